The van der Waals surface area contributed by atoms with Gasteiger partial charge >= 0.3 is 6.03 Å². The second-order valence-electron chi connectivity index (χ2n) is 5.46. The lowest BCUT2D eigenvalue weighted by atomic mass is 10.0. The number of anilines is 1. The van der Waals surface area contributed by atoms with Crippen LogP contribution in [0.1, 0.15) is 24.4 Å². The molecule has 6 heteroatoms. The van der Waals surface area contributed by atoms with Gasteiger partial charge in [0.25, 0.3) is 0 Å². The number of likely N-dealkylation sites (tertiary alicyclic amines) is 1. The van der Waals surface area contributed by atoms with Crippen molar-refractivity contribution in [1.29, 1.82) is 0 Å². The van der Waals surface area contributed by atoms with Gasteiger partial charge in [-0.1, -0.05) is 12.1 Å². The summed E-state index contributed by atoms with van der Waals surface area (Å²) in [5, 5.41) is 2.45. The second kappa shape index (κ2) is 6.32. The fourth-order valence-corrected chi connectivity index (χ4v) is 2.85. The Kier molecular flexibility index (Phi) is 4.23. The predicted molar refractivity (Wildman–Crippen MR) is 80.5 cm³/mol. The summed E-state index contributed by atoms with van der Waals surface area (Å²) < 4.78 is 39.9. The molecule has 1 aliphatic rings. The number of hydrogen-bond donors (Lipinski definition) is 1. The number of urea groups is 1. The number of benzene rings is 2. The highest BCUT2D eigenvalue weighted by atomic mass is 19.1. The van der Waals surface area contributed by atoms with Crippen LogP contribution in [0.25, 0.3) is 0 Å². The van der Waals surface area contributed by atoms with E-state index in [0.717, 1.165) is 12.5 Å². The number of hydrogen-bond acceptors (Lipinski definition) is 1. The Morgan fingerprint density at radius 2 is 1.87 bits per heavy atom. The average molecular weight is 320 g/mol. The van der Waals surface area contributed by atoms with Gasteiger partial charge in [0.05, 0.1) is 11.7 Å². The normalized spacial score (nSPS) is 17.3. The quantitative estimate of drug-likeness (QED) is 0.870. The van der Waals surface area contributed by atoms with Crippen molar-refractivity contribution in [3.05, 3.63) is 65.5 Å². The molecule has 1 N–H and O–H groups in total. The zero-order chi connectivity index (χ0) is 16.4. The minimum absolute atomic E-state index is 0.0821. The number of rotatable bonds is 2. The van der Waals surface area contributed by atoms with Gasteiger partial charge in [-0.15, -0.1) is 0 Å². The fourth-order valence-electron chi connectivity index (χ4n) is 2.85. The van der Waals surface area contributed by atoms with Gasteiger partial charge in [0.2, 0.25) is 0 Å². The Balaban J connectivity index is 1.78. The molecule has 1 saturated heterocycles. The first-order valence-electron chi connectivity index (χ1n) is 7.33. The van der Waals surface area contributed by atoms with Gasteiger partial charge in [-0.05, 0) is 42.7 Å². The number of halogens is 3. The summed E-state index contributed by atoms with van der Waals surface area (Å²) in [5.41, 5.74) is 0.624. The molecule has 2 aromatic carbocycles. The van der Waals surface area contributed by atoms with Crippen molar-refractivity contribution in [2.24, 2.45) is 0 Å². The van der Waals surface area contributed by atoms with E-state index in [1.165, 1.54) is 23.1 Å². The molecule has 1 atom stereocenters. The maximum absolute atomic E-state index is 13.6. The maximum atomic E-state index is 13.6. The van der Waals surface area contributed by atoms with E-state index in [9.17, 15) is 18.0 Å². The van der Waals surface area contributed by atoms with E-state index in [4.69, 9.17) is 0 Å². The van der Waals surface area contributed by atoms with Crippen LogP contribution < -0.4 is 5.32 Å². The van der Waals surface area contributed by atoms with Crippen LogP contribution in [-0.2, 0) is 0 Å². The van der Waals surface area contributed by atoms with Crippen LogP contribution >= 0.6 is 0 Å². The van der Waals surface area contributed by atoms with E-state index in [0.29, 0.717) is 24.6 Å². The van der Waals surface area contributed by atoms with Crippen molar-refractivity contribution in [1.82, 2.24) is 4.90 Å². The molecular formula is C17H15F3N2O. The number of carbonyl (C=O) groups is 1. The van der Waals surface area contributed by atoms with Gasteiger partial charge in [-0.2, -0.15) is 0 Å². The summed E-state index contributed by atoms with van der Waals surface area (Å²) in [6, 6.07) is 8.32. The number of carbonyl (C=O) groups excluding carboxylic acids is 1. The smallest absolute Gasteiger partial charge is 0.317 e. The minimum atomic E-state index is -0.833. The van der Waals surface area contributed by atoms with E-state index in [1.54, 1.807) is 12.1 Å². The lowest BCUT2D eigenvalue weighted by Gasteiger charge is -2.25. The van der Waals surface area contributed by atoms with Crippen molar-refractivity contribution in [2.45, 2.75) is 18.9 Å². The van der Waals surface area contributed by atoms with Gasteiger partial charge in [0, 0.05) is 12.6 Å². The van der Waals surface area contributed by atoms with Crippen LogP contribution in [0.5, 0.6) is 0 Å². The van der Waals surface area contributed by atoms with Crippen molar-refractivity contribution in [3.63, 3.8) is 0 Å². The van der Waals surface area contributed by atoms with Gasteiger partial charge in [0.15, 0.2) is 0 Å². The number of nitrogens with one attached hydrogen (secondary N) is 1. The highest BCUT2D eigenvalue weighted by Gasteiger charge is 2.30. The summed E-state index contributed by atoms with van der Waals surface area (Å²) in [5.74, 6) is -1.90. The van der Waals surface area contributed by atoms with Crippen molar-refractivity contribution in [2.75, 3.05) is 11.9 Å². The first-order valence-corrected chi connectivity index (χ1v) is 7.33. The first-order chi connectivity index (χ1) is 11.0. The van der Waals surface area contributed by atoms with Crippen LogP contribution in [0, 0.1) is 17.5 Å². The van der Waals surface area contributed by atoms with Crippen molar-refractivity contribution in [3.8, 4) is 0 Å². The molecule has 2 amide bonds. The zero-order valence-corrected chi connectivity index (χ0v) is 12.2. The lowest BCUT2D eigenvalue weighted by Crippen LogP contribution is -2.34. The van der Waals surface area contributed by atoms with Gasteiger partial charge in [-0.25, -0.2) is 18.0 Å². The first kappa shape index (κ1) is 15.4. The standard InChI is InChI=1S/C17H15F3N2O/c18-12-4-1-3-11(9-12)16-5-2-8-22(16)17(23)21-15-7-6-13(19)10-14(15)20/h1,3-4,6-7,9-10,16H,2,5,8H2,(H,21,23). The lowest BCUT2D eigenvalue weighted by molar-refractivity contribution is 0.207. The maximum Gasteiger partial charge on any atom is 0.322 e. The van der Waals surface area contributed by atoms with E-state index in [1.807, 2.05) is 0 Å². The van der Waals surface area contributed by atoms with Crippen LogP contribution in [0.3, 0.4) is 0 Å². The third-order valence-electron chi connectivity index (χ3n) is 3.92. The molecule has 3 rings (SSSR count). The van der Waals surface area contributed by atoms with Crippen LogP contribution in [0.2, 0.25) is 0 Å². The molecule has 1 unspecified atom stereocenters. The molecule has 0 saturated carbocycles. The van der Waals surface area contributed by atoms with Crippen LogP contribution in [-0.4, -0.2) is 17.5 Å². The monoisotopic (exact) mass is 320 g/mol. The molecule has 23 heavy (non-hydrogen) atoms. The number of nitrogens with zero attached hydrogens (tertiary/aromatic N) is 1. The molecule has 1 fully saturated rings. The Morgan fingerprint density at radius 1 is 1.09 bits per heavy atom. The summed E-state index contributed by atoms with van der Waals surface area (Å²) >= 11 is 0. The molecule has 1 heterocycles. The number of amides is 2. The van der Waals surface area contributed by atoms with Crippen molar-refractivity contribution < 1.29 is 18.0 Å². The third-order valence-corrected chi connectivity index (χ3v) is 3.92. The average Bonchev–Trinajstić information content (AvgIpc) is 2.99. The Morgan fingerprint density at radius 3 is 2.61 bits per heavy atom. The topological polar surface area (TPSA) is 32.3 Å². The summed E-state index contributed by atoms with van der Waals surface area (Å²) in [7, 11) is 0. The summed E-state index contributed by atoms with van der Waals surface area (Å²) in [6.45, 7) is 0.496. The van der Waals surface area contributed by atoms with Gasteiger partial charge < -0.3 is 10.2 Å². The van der Waals surface area contributed by atoms with E-state index >= 15 is 0 Å². The molecule has 1 aliphatic heterocycles. The second-order valence-corrected chi connectivity index (χ2v) is 5.46. The SMILES string of the molecule is O=C(Nc1ccc(F)cc1F)N1CCCC1c1cccc(F)c1. The molecule has 120 valence electrons. The molecule has 0 aliphatic carbocycles. The molecule has 2 aromatic rings. The fraction of sp³-hybridized carbons (Fsp3) is 0.235. The van der Waals surface area contributed by atoms with Crippen LogP contribution in [0.4, 0.5) is 23.7 Å². The molecule has 0 aromatic heterocycles. The highest BCUT2D eigenvalue weighted by Crippen LogP contribution is 2.32. The van der Waals surface area contributed by atoms with Gasteiger partial charge in [0.1, 0.15) is 17.5 Å². The molecule has 3 nitrogen and oxygen atoms in total. The van der Waals surface area contributed by atoms with E-state index in [2.05, 4.69) is 5.32 Å². The predicted octanol–water partition coefficient (Wildman–Crippen LogP) is 4.47. The summed E-state index contributed by atoms with van der Waals surface area (Å²) in [4.78, 5) is 13.9. The Labute approximate surface area is 131 Å². The van der Waals surface area contributed by atoms with Gasteiger partial charge in [-0.3, -0.25) is 0 Å². The van der Waals surface area contributed by atoms with Crippen LogP contribution in [0.15, 0.2) is 42.5 Å². The van der Waals surface area contributed by atoms with Crippen molar-refractivity contribution >= 4 is 11.7 Å². The largest absolute Gasteiger partial charge is 0.322 e. The third kappa shape index (κ3) is 3.31. The Bertz CT molecular complexity index is 736. The molecular weight excluding hydrogens is 305 g/mol. The van der Waals surface area contributed by atoms with E-state index in [-0.39, 0.29) is 17.5 Å². The molecule has 0 spiro atoms. The zero-order valence-electron chi connectivity index (χ0n) is 12.2. The molecule has 0 bridgehead atoms. The highest BCUT2D eigenvalue weighted by molar-refractivity contribution is 5.90. The Hall–Kier alpha value is -2.50. The summed E-state index contributed by atoms with van der Waals surface area (Å²) in [6.07, 6.45) is 1.49. The minimum Gasteiger partial charge on any atom is -0.317 e. The molecule has 0 radical (unpaired) electrons. The van der Waals surface area contributed by atoms with E-state index < -0.39 is 17.7 Å².